The Kier molecular flexibility index (Phi) is 10.1. The van der Waals surface area contributed by atoms with Crippen LogP contribution >= 0.6 is 0 Å². The standard InChI is InChI=1S/C30H41N5O6/c1-9-20(10-2)32-25(36)22-15-21(34-35-22)18-12-11-13-19(14-18)27-31-16-24(40-27)26(37)33-23(17-39-29(3,4)5)28(38)41-30(6,7)8/h11-16,20,23H,9-10,17H2,1-8H3,(H,32,36)(H,33,37)(H,34,35)/t23-/m0/s1. The maximum atomic E-state index is 13.0. The molecule has 1 atom stereocenters. The smallest absolute Gasteiger partial charge is 0.331 e. The van der Waals surface area contributed by atoms with Gasteiger partial charge < -0.3 is 24.5 Å². The van der Waals surface area contributed by atoms with E-state index in [2.05, 4.69) is 25.8 Å². The molecule has 0 spiro atoms. The Morgan fingerprint density at radius 1 is 0.951 bits per heavy atom. The summed E-state index contributed by atoms with van der Waals surface area (Å²) in [6.45, 7) is 14.8. The van der Waals surface area contributed by atoms with Crippen molar-refractivity contribution < 1.29 is 28.3 Å². The number of amides is 2. The number of carbonyl (C=O) groups is 3. The number of carbonyl (C=O) groups excluding carboxylic acids is 3. The molecule has 41 heavy (non-hydrogen) atoms. The van der Waals surface area contributed by atoms with Gasteiger partial charge in [0.25, 0.3) is 11.8 Å². The minimum Gasteiger partial charge on any atom is -0.458 e. The molecule has 222 valence electrons. The highest BCUT2D eigenvalue weighted by atomic mass is 16.6. The lowest BCUT2D eigenvalue weighted by Crippen LogP contribution is -2.48. The fourth-order valence-corrected chi connectivity index (χ4v) is 3.77. The molecule has 1 aromatic carbocycles. The van der Waals surface area contributed by atoms with Crippen LogP contribution in [0.2, 0.25) is 0 Å². The van der Waals surface area contributed by atoms with Gasteiger partial charge in [0.2, 0.25) is 11.7 Å². The summed E-state index contributed by atoms with van der Waals surface area (Å²) in [4.78, 5) is 42.6. The van der Waals surface area contributed by atoms with E-state index in [1.54, 1.807) is 45.0 Å². The van der Waals surface area contributed by atoms with E-state index in [4.69, 9.17) is 13.9 Å². The van der Waals surface area contributed by atoms with E-state index in [9.17, 15) is 14.4 Å². The van der Waals surface area contributed by atoms with E-state index < -0.39 is 29.1 Å². The Bertz CT molecular complexity index is 1340. The van der Waals surface area contributed by atoms with Crippen molar-refractivity contribution in [1.29, 1.82) is 0 Å². The number of oxazole rings is 1. The molecule has 3 aromatic rings. The van der Waals surface area contributed by atoms with Crippen LogP contribution in [0.5, 0.6) is 0 Å². The molecule has 11 heteroatoms. The highest BCUT2D eigenvalue weighted by Gasteiger charge is 2.30. The molecule has 0 aliphatic heterocycles. The van der Waals surface area contributed by atoms with Crippen LogP contribution in [0.1, 0.15) is 89.3 Å². The summed E-state index contributed by atoms with van der Waals surface area (Å²) < 4.78 is 17.0. The van der Waals surface area contributed by atoms with Gasteiger partial charge in [0, 0.05) is 17.2 Å². The predicted octanol–water partition coefficient (Wildman–Crippen LogP) is 4.91. The van der Waals surface area contributed by atoms with Crippen molar-refractivity contribution in [2.75, 3.05) is 6.61 Å². The van der Waals surface area contributed by atoms with E-state index in [-0.39, 0.29) is 30.2 Å². The van der Waals surface area contributed by atoms with E-state index in [0.29, 0.717) is 17.0 Å². The number of rotatable bonds is 11. The summed E-state index contributed by atoms with van der Waals surface area (Å²) in [5, 5.41) is 12.7. The van der Waals surface area contributed by atoms with Gasteiger partial charge in [-0.25, -0.2) is 9.78 Å². The summed E-state index contributed by atoms with van der Waals surface area (Å²) in [6.07, 6.45) is 2.98. The highest BCUT2D eigenvalue weighted by molar-refractivity contribution is 5.95. The first kappa shape index (κ1) is 31.5. The molecule has 0 aliphatic carbocycles. The molecule has 0 unspecified atom stereocenters. The van der Waals surface area contributed by atoms with Gasteiger partial charge in [0.1, 0.15) is 11.3 Å². The average molecular weight is 568 g/mol. The maximum absolute atomic E-state index is 13.0. The number of nitrogens with one attached hydrogen (secondary N) is 3. The first-order chi connectivity index (χ1) is 19.2. The molecule has 3 rings (SSSR count). The quantitative estimate of drug-likeness (QED) is 0.277. The average Bonchev–Trinajstić information content (AvgIpc) is 3.59. The lowest BCUT2D eigenvalue weighted by Gasteiger charge is -2.27. The highest BCUT2D eigenvalue weighted by Crippen LogP contribution is 2.26. The molecule has 0 aliphatic rings. The van der Waals surface area contributed by atoms with Gasteiger partial charge in [-0.1, -0.05) is 26.0 Å². The fourth-order valence-electron chi connectivity index (χ4n) is 3.77. The van der Waals surface area contributed by atoms with Crippen molar-refractivity contribution in [2.45, 2.75) is 91.5 Å². The number of hydrogen-bond donors (Lipinski definition) is 3. The van der Waals surface area contributed by atoms with Crippen molar-refractivity contribution in [3.8, 4) is 22.7 Å². The van der Waals surface area contributed by atoms with Gasteiger partial charge in [0.05, 0.1) is 24.1 Å². The molecular formula is C30H41N5O6. The molecule has 3 N–H and O–H groups in total. The van der Waals surface area contributed by atoms with Crippen molar-refractivity contribution >= 4 is 17.8 Å². The molecule has 2 aromatic heterocycles. The maximum Gasteiger partial charge on any atom is 0.331 e. The zero-order valence-electron chi connectivity index (χ0n) is 25.1. The summed E-state index contributed by atoms with van der Waals surface area (Å²) in [5.41, 5.74) is 1.01. The molecule has 0 fully saturated rings. The summed E-state index contributed by atoms with van der Waals surface area (Å²) in [5.74, 6) is -1.33. The van der Waals surface area contributed by atoms with Crippen molar-refractivity contribution in [1.82, 2.24) is 25.8 Å². The Morgan fingerprint density at radius 2 is 1.63 bits per heavy atom. The monoisotopic (exact) mass is 567 g/mol. The van der Waals surface area contributed by atoms with Crippen LogP contribution in [0, 0.1) is 0 Å². The minimum absolute atomic E-state index is 0.0742. The van der Waals surface area contributed by atoms with Crippen LogP contribution in [0.3, 0.4) is 0 Å². The number of esters is 1. The second-order valence-corrected chi connectivity index (χ2v) is 11.7. The van der Waals surface area contributed by atoms with E-state index in [0.717, 1.165) is 18.4 Å². The fraction of sp³-hybridized carbons (Fsp3) is 0.500. The third-order valence-electron chi connectivity index (χ3n) is 5.96. The van der Waals surface area contributed by atoms with Crippen LogP contribution in [-0.2, 0) is 14.3 Å². The first-order valence-electron chi connectivity index (χ1n) is 13.8. The summed E-state index contributed by atoms with van der Waals surface area (Å²) in [6, 6.07) is 7.96. The van der Waals surface area contributed by atoms with Crippen LogP contribution in [-0.4, -0.2) is 62.9 Å². The number of aromatic nitrogens is 3. The first-order valence-corrected chi connectivity index (χ1v) is 13.8. The van der Waals surface area contributed by atoms with Gasteiger partial charge in [0.15, 0.2) is 6.04 Å². The Hall–Kier alpha value is -3.99. The molecule has 0 saturated heterocycles. The van der Waals surface area contributed by atoms with E-state index >= 15 is 0 Å². The SMILES string of the molecule is CCC(CC)NC(=O)c1cc(-c2cccc(-c3ncc(C(=O)N[C@@H](COC(C)(C)C)C(=O)OC(C)(C)C)o3)c2)n[nH]1. The number of hydrogen-bond acceptors (Lipinski definition) is 8. The van der Waals surface area contributed by atoms with Crippen LogP contribution in [0.4, 0.5) is 0 Å². The van der Waals surface area contributed by atoms with Crippen molar-refractivity contribution in [3.05, 3.63) is 48.0 Å². The van der Waals surface area contributed by atoms with Gasteiger partial charge in [-0.3, -0.25) is 14.7 Å². The summed E-state index contributed by atoms with van der Waals surface area (Å²) >= 11 is 0. The normalized spacial score (nSPS) is 12.7. The molecule has 11 nitrogen and oxygen atoms in total. The van der Waals surface area contributed by atoms with Crippen LogP contribution < -0.4 is 10.6 Å². The lowest BCUT2D eigenvalue weighted by molar-refractivity contribution is -0.160. The Morgan fingerprint density at radius 3 is 2.27 bits per heavy atom. The lowest BCUT2D eigenvalue weighted by atomic mass is 10.1. The van der Waals surface area contributed by atoms with Crippen LogP contribution in [0.15, 0.2) is 40.9 Å². The molecule has 0 radical (unpaired) electrons. The van der Waals surface area contributed by atoms with Gasteiger partial charge in [-0.15, -0.1) is 0 Å². The molecule has 0 bridgehead atoms. The predicted molar refractivity (Wildman–Crippen MR) is 154 cm³/mol. The third-order valence-corrected chi connectivity index (χ3v) is 5.96. The van der Waals surface area contributed by atoms with E-state index in [1.807, 2.05) is 40.7 Å². The Labute approximate surface area is 240 Å². The zero-order chi connectivity index (χ0) is 30.4. The number of benzene rings is 1. The third kappa shape index (κ3) is 9.28. The van der Waals surface area contributed by atoms with Gasteiger partial charge in [-0.2, -0.15) is 5.10 Å². The summed E-state index contributed by atoms with van der Waals surface area (Å²) in [7, 11) is 0. The second kappa shape index (κ2) is 13.1. The molecule has 2 amide bonds. The topological polar surface area (TPSA) is 148 Å². The number of aromatic amines is 1. The Balaban J connectivity index is 1.75. The van der Waals surface area contributed by atoms with Crippen molar-refractivity contribution in [3.63, 3.8) is 0 Å². The molecular weight excluding hydrogens is 526 g/mol. The number of nitrogens with zero attached hydrogens (tertiary/aromatic N) is 2. The molecule has 2 heterocycles. The number of ether oxygens (including phenoxy) is 2. The molecule has 0 saturated carbocycles. The minimum atomic E-state index is -1.05. The van der Waals surface area contributed by atoms with Crippen molar-refractivity contribution in [2.24, 2.45) is 0 Å². The van der Waals surface area contributed by atoms with Gasteiger partial charge in [-0.05, 0) is 72.6 Å². The number of H-pyrrole nitrogens is 1. The van der Waals surface area contributed by atoms with Crippen LogP contribution in [0.25, 0.3) is 22.7 Å². The zero-order valence-corrected chi connectivity index (χ0v) is 25.1. The largest absolute Gasteiger partial charge is 0.458 e. The van der Waals surface area contributed by atoms with E-state index in [1.165, 1.54) is 6.20 Å². The second-order valence-electron chi connectivity index (χ2n) is 11.7. The van der Waals surface area contributed by atoms with Gasteiger partial charge >= 0.3 is 5.97 Å².